The van der Waals surface area contributed by atoms with E-state index in [1.807, 2.05) is 17.6 Å². The van der Waals surface area contributed by atoms with Crippen molar-refractivity contribution in [2.45, 2.75) is 39.3 Å². The third-order valence-corrected chi connectivity index (χ3v) is 6.23. The Morgan fingerprint density at radius 1 is 1.23 bits per heavy atom. The molecule has 10 heteroatoms. The average molecular weight is 430 g/mol. The zero-order valence-electron chi connectivity index (χ0n) is 17.9. The summed E-state index contributed by atoms with van der Waals surface area (Å²) in [6.07, 6.45) is 0.811. The summed E-state index contributed by atoms with van der Waals surface area (Å²) in [7, 11) is 0.0822. The molecule has 3 aromatic rings. The number of pyridine rings is 2. The van der Waals surface area contributed by atoms with E-state index in [2.05, 4.69) is 39.3 Å². The smallest absolute Gasteiger partial charge is 0.437 e. The molecule has 160 valence electrons. The van der Waals surface area contributed by atoms with Crippen LogP contribution >= 0.6 is 0 Å². The van der Waals surface area contributed by atoms with Gasteiger partial charge < -0.3 is 19.9 Å². The highest BCUT2D eigenvalue weighted by atomic mass is 28.3. The number of carbonyl (C=O) groups is 1. The average Bonchev–Trinajstić information content (AvgIpc) is 3.00. The van der Waals surface area contributed by atoms with Crippen LogP contribution in [-0.2, 0) is 16.2 Å². The third kappa shape index (κ3) is 5.13. The van der Waals surface area contributed by atoms with Crippen LogP contribution in [0.25, 0.3) is 22.4 Å². The van der Waals surface area contributed by atoms with E-state index in [1.54, 1.807) is 18.3 Å². The fourth-order valence-corrected chi connectivity index (χ4v) is 3.52. The first-order valence-electron chi connectivity index (χ1n) is 9.61. The van der Waals surface area contributed by atoms with Crippen molar-refractivity contribution in [1.29, 1.82) is 0 Å². The van der Waals surface area contributed by atoms with E-state index in [0.29, 0.717) is 12.4 Å². The number of hydrogen-bond acceptors (Lipinski definition) is 8. The van der Waals surface area contributed by atoms with Crippen LogP contribution in [0.1, 0.15) is 5.82 Å². The molecule has 2 N–H and O–H groups in total. The molecular formula is C20H27N5O4Si. The maximum Gasteiger partial charge on any atom is 0.514 e. The van der Waals surface area contributed by atoms with Gasteiger partial charge in [0.15, 0.2) is 5.65 Å². The molecule has 0 aliphatic carbocycles. The summed E-state index contributed by atoms with van der Waals surface area (Å²) in [6.45, 7) is 10.0. The zero-order valence-corrected chi connectivity index (χ0v) is 18.9. The van der Waals surface area contributed by atoms with Crippen LogP contribution in [0.3, 0.4) is 0 Å². The number of nitrogens with two attached hydrogens (primary N) is 1. The maximum absolute atomic E-state index is 11.4. The number of imidazole rings is 1. The van der Waals surface area contributed by atoms with Crippen molar-refractivity contribution in [3.8, 4) is 17.1 Å². The lowest BCUT2D eigenvalue weighted by atomic mass is 10.2. The topological polar surface area (TPSA) is 114 Å². The summed E-state index contributed by atoms with van der Waals surface area (Å²) in [6, 6.07) is 6.33. The number of fused-ring (bicyclic) bond motifs is 1. The number of anilines is 1. The summed E-state index contributed by atoms with van der Waals surface area (Å²) in [5.41, 5.74) is 8.81. The van der Waals surface area contributed by atoms with Crippen molar-refractivity contribution < 1.29 is 19.0 Å². The highest BCUT2D eigenvalue weighted by Crippen LogP contribution is 2.27. The Balaban J connectivity index is 1.83. The SMILES string of the molecule is COC(=O)Oc1nc(-c2cnc3c(c2)nc(C)n3COCC[Si](C)(C)C)ccc1N. The zero-order chi connectivity index (χ0) is 21.9. The molecule has 0 aliphatic rings. The molecule has 30 heavy (non-hydrogen) atoms. The number of carbonyl (C=O) groups excluding carboxylic acids is 1. The molecule has 0 fully saturated rings. The largest absolute Gasteiger partial charge is 0.514 e. The molecule has 0 aliphatic heterocycles. The Bertz CT molecular complexity index is 1060. The van der Waals surface area contributed by atoms with Crippen LogP contribution < -0.4 is 10.5 Å². The minimum atomic E-state index is -1.13. The Labute approximate surface area is 176 Å². The van der Waals surface area contributed by atoms with E-state index in [4.69, 9.17) is 15.2 Å². The molecule has 0 aromatic carbocycles. The van der Waals surface area contributed by atoms with Crippen LogP contribution in [0.5, 0.6) is 5.88 Å². The lowest BCUT2D eigenvalue weighted by molar-refractivity contribution is 0.0881. The molecule has 0 unspecified atom stereocenters. The first-order valence-corrected chi connectivity index (χ1v) is 13.3. The normalized spacial score (nSPS) is 11.6. The number of ether oxygens (including phenoxy) is 3. The summed E-state index contributed by atoms with van der Waals surface area (Å²) in [5, 5.41) is 0. The molecule has 0 spiro atoms. The van der Waals surface area contributed by atoms with Gasteiger partial charge in [-0.2, -0.15) is 0 Å². The Morgan fingerprint density at radius 3 is 2.70 bits per heavy atom. The van der Waals surface area contributed by atoms with Gasteiger partial charge >= 0.3 is 6.16 Å². The van der Waals surface area contributed by atoms with E-state index in [1.165, 1.54) is 7.11 Å². The predicted molar refractivity (Wildman–Crippen MR) is 117 cm³/mol. The van der Waals surface area contributed by atoms with Gasteiger partial charge in [-0.3, -0.25) is 4.57 Å². The molecule has 9 nitrogen and oxygen atoms in total. The molecular weight excluding hydrogens is 402 g/mol. The van der Waals surface area contributed by atoms with E-state index in [9.17, 15) is 4.79 Å². The number of hydrogen-bond donors (Lipinski definition) is 1. The van der Waals surface area contributed by atoms with Crippen molar-refractivity contribution in [3.63, 3.8) is 0 Å². The Hall–Kier alpha value is -2.98. The lowest BCUT2D eigenvalue weighted by Gasteiger charge is -2.15. The molecule has 3 rings (SSSR count). The van der Waals surface area contributed by atoms with Crippen molar-refractivity contribution in [2.75, 3.05) is 19.5 Å². The predicted octanol–water partition coefficient (Wildman–Crippen LogP) is 3.84. The van der Waals surface area contributed by atoms with Gasteiger partial charge in [0.2, 0.25) is 5.88 Å². The van der Waals surface area contributed by atoms with Crippen molar-refractivity contribution in [2.24, 2.45) is 0 Å². The minimum Gasteiger partial charge on any atom is -0.437 e. The molecule has 3 heterocycles. The summed E-state index contributed by atoms with van der Waals surface area (Å²) < 4.78 is 17.3. The Kier molecular flexibility index (Phi) is 6.37. The molecule has 0 radical (unpaired) electrons. The fourth-order valence-electron chi connectivity index (χ4n) is 2.77. The van der Waals surface area contributed by atoms with Crippen molar-refractivity contribution >= 4 is 31.1 Å². The molecule has 0 saturated heterocycles. The molecule has 0 bridgehead atoms. The molecule has 0 atom stereocenters. The maximum atomic E-state index is 11.4. The van der Waals surface area contributed by atoms with Gasteiger partial charge in [0.25, 0.3) is 0 Å². The van der Waals surface area contributed by atoms with Crippen LogP contribution in [0, 0.1) is 6.92 Å². The highest BCUT2D eigenvalue weighted by molar-refractivity contribution is 6.76. The number of nitrogens with zero attached hydrogens (tertiary/aromatic N) is 4. The summed E-state index contributed by atoms with van der Waals surface area (Å²) in [4.78, 5) is 24.9. The van der Waals surface area contributed by atoms with Crippen LogP contribution in [0.4, 0.5) is 10.5 Å². The Morgan fingerprint density at radius 2 is 2.00 bits per heavy atom. The van der Waals surface area contributed by atoms with E-state index in [0.717, 1.165) is 35.2 Å². The third-order valence-electron chi connectivity index (χ3n) is 4.52. The minimum absolute atomic E-state index is 0.0167. The van der Waals surface area contributed by atoms with Gasteiger partial charge in [-0.1, -0.05) is 19.6 Å². The van der Waals surface area contributed by atoms with Gasteiger partial charge in [-0.05, 0) is 31.2 Å². The number of nitrogen functional groups attached to an aromatic ring is 1. The van der Waals surface area contributed by atoms with E-state index < -0.39 is 14.2 Å². The number of rotatable bonds is 7. The molecule has 0 amide bonds. The van der Waals surface area contributed by atoms with Gasteiger partial charge in [-0.15, -0.1) is 0 Å². The highest BCUT2D eigenvalue weighted by Gasteiger charge is 2.15. The first-order chi connectivity index (χ1) is 14.2. The van der Waals surface area contributed by atoms with Crippen molar-refractivity contribution in [1.82, 2.24) is 19.5 Å². The van der Waals surface area contributed by atoms with E-state index in [-0.39, 0.29) is 11.6 Å². The van der Waals surface area contributed by atoms with Crippen LogP contribution in [-0.4, -0.2) is 47.5 Å². The van der Waals surface area contributed by atoms with E-state index >= 15 is 0 Å². The molecule has 0 saturated carbocycles. The summed E-state index contributed by atoms with van der Waals surface area (Å²) in [5.74, 6) is 0.805. The van der Waals surface area contributed by atoms with Gasteiger partial charge in [0, 0.05) is 26.4 Å². The second-order valence-electron chi connectivity index (χ2n) is 8.15. The number of aryl methyl sites for hydroxylation is 1. The second-order valence-corrected chi connectivity index (χ2v) is 13.8. The standard InChI is InChI=1S/C20H27N5O4Si/c1-13-23-17-10-14(16-7-6-15(21)19(24-16)29-20(26)27-2)11-22-18(17)25(13)12-28-8-9-30(3,4)5/h6-7,10-11H,8-9,12,21H2,1-5H3. The lowest BCUT2D eigenvalue weighted by Crippen LogP contribution is -2.22. The van der Waals surface area contributed by atoms with Gasteiger partial charge in [0.05, 0.1) is 18.5 Å². The van der Waals surface area contributed by atoms with Crippen LogP contribution in [0.15, 0.2) is 24.4 Å². The van der Waals surface area contributed by atoms with Gasteiger partial charge in [0.1, 0.15) is 18.1 Å². The quantitative estimate of drug-likeness (QED) is 0.342. The second kappa shape index (κ2) is 8.80. The summed E-state index contributed by atoms with van der Waals surface area (Å²) >= 11 is 0. The molecule has 3 aromatic heterocycles. The fraction of sp³-hybridized carbons (Fsp3) is 0.400. The van der Waals surface area contributed by atoms with Gasteiger partial charge in [-0.25, -0.2) is 19.7 Å². The monoisotopic (exact) mass is 429 g/mol. The van der Waals surface area contributed by atoms with Crippen molar-refractivity contribution in [3.05, 3.63) is 30.2 Å². The first kappa shape index (κ1) is 21.7. The van der Waals surface area contributed by atoms with Crippen LogP contribution in [0.2, 0.25) is 25.7 Å². The number of aromatic nitrogens is 4. The number of methoxy groups -OCH3 is 1.